The lowest BCUT2D eigenvalue weighted by molar-refractivity contribution is -0.125. The first kappa shape index (κ1) is 13.7. The van der Waals surface area contributed by atoms with Gasteiger partial charge in [0.2, 0.25) is 5.91 Å². The second kappa shape index (κ2) is 5.48. The van der Waals surface area contributed by atoms with Crippen LogP contribution in [0.3, 0.4) is 0 Å². The molecule has 1 amide bonds. The van der Waals surface area contributed by atoms with Gasteiger partial charge < -0.3 is 15.2 Å². The van der Waals surface area contributed by atoms with Crippen LogP contribution in [0.5, 0.6) is 11.5 Å². The second-order valence-electron chi connectivity index (χ2n) is 5.05. The van der Waals surface area contributed by atoms with E-state index in [0.29, 0.717) is 17.5 Å². The van der Waals surface area contributed by atoms with Crippen molar-refractivity contribution in [1.82, 2.24) is 5.32 Å². The van der Waals surface area contributed by atoms with Gasteiger partial charge in [-0.15, -0.1) is 0 Å². The molecular weight excluding hydrogens is 244 g/mol. The molecule has 1 saturated carbocycles. The molecule has 19 heavy (non-hydrogen) atoms. The zero-order valence-electron chi connectivity index (χ0n) is 11.3. The Labute approximate surface area is 113 Å². The molecule has 1 aromatic rings. The molecule has 0 bridgehead atoms. The van der Waals surface area contributed by atoms with Crippen molar-refractivity contribution in [2.45, 2.75) is 31.3 Å². The van der Waals surface area contributed by atoms with Gasteiger partial charge in [0.1, 0.15) is 12.1 Å². The van der Waals surface area contributed by atoms with E-state index in [2.05, 4.69) is 5.32 Å². The molecule has 0 heterocycles. The Morgan fingerprint density at radius 2 is 2.05 bits per heavy atom. The minimum atomic E-state index is -0.859. The molecule has 1 aliphatic carbocycles. The Balaban J connectivity index is 2.03. The van der Waals surface area contributed by atoms with E-state index in [-0.39, 0.29) is 6.61 Å². The Hall–Kier alpha value is -1.75. The number of para-hydroxylation sites is 2. The van der Waals surface area contributed by atoms with Crippen molar-refractivity contribution in [3.63, 3.8) is 0 Å². The normalized spacial score (nSPS) is 17.6. The van der Waals surface area contributed by atoms with Gasteiger partial charge in [-0.05, 0) is 31.9 Å². The SMILES string of the molecule is COc1ccccc1OCC(C)(NC1CC1)C(N)=O. The van der Waals surface area contributed by atoms with Crippen LogP contribution in [-0.4, -0.2) is 31.2 Å². The van der Waals surface area contributed by atoms with Gasteiger partial charge in [-0.2, -0.15) is 0 Å². The molecule has 0 aromatic heterocycles. The van der Waals surface area contributed by atoms with Crippen molar-refractivity contribution in [3.05, 3.63) is 24.3 Å². The van der Waals surface area contributed by atoms with Crippen molar-refractivity contribution < 1.29 is 14.3 Å². The van der Waals surface area contributed by atoms with E-state index in [1.807, 2.05) is 18.2 Å². The van der Waals surface area contributed by atoms with Crippen LogP contribution in [0.15, 0.2) is 24.3 Å². The van der Waals surface area contributed by atoms with Crippen molar-refractivity contribution >= 4 is 5.91 Å². The number of primary amides is 1. The lowest BCUT2D eigenvalue weighted by Gasteiger charge is -2.27. The molecule has 104 valence electrons. The van der Waals surface area contributed by atoms with E-state index in [1.165, 1.54) is 0 Å². The molecule has 1 aliphatic rings. The Bertz CT molecular complexity index is 460. The van der Waals surface area contributed by atoms with Crippen LogP contribution in [0.1, 0.15) is 19.8 Å². The number of amides is 1. The fraction of sp³-hybridized carbons (Fsp3) is 0.500. The van der Waals surface area contributed by atoms with Crippen molar-refractivity contribution in [2.75, 3.05) is 13.7 Å². The summed E-state index contributed by atoms with van der Waals surface area (Å²) in [7, 11) is 1.58. The summed E-state index contributed by atoms with van der Waals surface area (Å²) in [5.74, 6) is 0.838. The lowest BCUT2D eigenvalue weighted by atomic mass is 10.0. The Morgan fingerprint density at radius 1 is 1.42 bits per heavy atom. The van der Waals surface area contributed by atoms with Crippen LogP contribution in [0.2, 0.25) is 0 Å². The molecule has 1 unspecified atom stereocenters. The van der Waals surface area contributed by atoms with Crippen molar-refractivity contribution in [2.24, 2.45) is 5.73 Å². The molecule has 5 heteroatoms. The highest BCUT2D eigenvalue weighted by molar-refractivity contribution is 5.84. The summed E-state index contributed by atoms with van der Waals surface area (Å²) in [6.07, 6.45) is 2.16. The minimum Gasteiger partial charge on any atom is -0.493 e. The van der Waals surface area contributed by atoms with E-state index in [4.69, 9.17) is 15.2 Å². The van der Waals surface area contributed by atoms with E-state index < -0.39 is 11.4 Å². The molecule has 0 radical (unpaired) electrons. The third-order valence-electron chi connectivity index (χ3n) is 3.23. The molecular formula is C14H20N2O3. The Morgan fingerprint density at radius 3 is 2.58 bits per heavy atom. The predicted octanol–water partition coefficient (Wildman–Crippen LogP) is 1.07. The highest BCUT2D eigenvalue weighted by atomic mass is 16.5. The maximum Gasteiger partial charge on any atom is 0.240 e. The fourth-order valence-corrected chi connectivity index (χ4v) is 1.82. The van der Waals surface area contributed by atoms with Crippen LogP contribution in [0.4, 0.5) is 0 Å². The number of methoxy groups -OCH3 is 1. The molecule has 1 aromatic carbocycles. The number of carbonyl (C=O) groups is 1. The number of ether oxygens (including phenoxy) is 2. The summed E-state index contributed by atoms with van der Waals surface area (Å²) >= 11 is 0. The molecule has 3 N–H and O–H groups in total. The molecule has 2 rings (SSSR count). The summed E-state index contributed by atoms with van der Waals surface area (Å²) < 4.78 is 10.9. The van der Waals surface area contributed by atoms with Gasteiger partial charge in [0.15, 0.2) is 11.5 Å². The Kier molecular flexibility index (Phi) is 3.95. The average Bonchev–Trinajstić information content (AvgIpc) is 3.20. The molecule has 1 fully saturated rings. The predicted molar refractivity (Wildman–Crippen MR) is 72.2 cm³/mol. The van der Waals surface area contributed by atoms with Crippen LogP contribution >= 0.6 is 0 Å². The van der Waals surface area contributed by atoms with Crippen molar-refractivity contribution in [3.8, 4) is 11.5 Å². The van der Waals surface area contributed by atoms with Gasteiger partial charge in [0.25, 0.3) is 0 Å². The fourth-order valence-electron chi connectivity index (χ4n) is 1.82. The van der Waals surface area contributed by atoms with Gasteiger partial charge in [-0.3, -0.25) is 10.1 Å². The maximum absolute atomic E-state index is 11.6. The first-order valence-corrected chi connectivity index (χ1v) is 6.38. The number of benzene rings is 1. The third kappa shape index (κ3) is 3.38. The van der Waals surface area contributed by atoms with E-state index >= 15 is 0 Å². The van der Waals surface area contributed by atoms with Crippen LogP contribution in [-0.2, 0) is 4.79 Å². The summed E-state index contributed by atoms with van der Waals surface area (Å²) in [6, 6.07) is 7.71. The van der Waals surface area contributed by atoms with Crippen molar-refractivity contribution in [1.29, 1.82) is 0 Å². The number of rotatable bonds is 7. The lowest BCUT2D eigenvalue weighted by Crippen LogP contribution is -2.57. The van der Waals surface area contributed by atoms with Gasteiger partial charge in [-0.1, -0.05) is 12.1 Å². The summed E-state index contributed by atoms with van der Waals surface area (Å²) in [6.45, 7) is 1.95. The topological polar surface area (TPSA) is 73.6 Å². The number of nitrogens with two attached hydrogens (primary N) is 1. The van der Waals surface area contributed by atoms with E-state index in [1.54, 1.807) is 20.1 Å². The summed E-state index contributed by atoms with van der Waals surface area (Å²) in [4.78, 5) is 11.6. The zero-order chi connectivity index (χ0) is 13.9. The third-order valence-corrected chi connectivity index (χ3v) is 3.23. The molecule has 1 atom stereocenters. The number of hydrogen-bond acceptors (Lipinski definition) is 4. The van der Waals surface area contributed by atoms with Gasteiger partial charge in [0.05, 0.1) is 7.11 Å². The first-order valence-electron chi connectivity index (χ1n) is 6.38. The number of hydrogen-bond donors (Lipinski definition) is 2. The molecule has 0 aliphatic heterocycles. The maximum atomic E-state index is 11.6. The quantitative estimate of drug-likeness (QED) is 0.772. The van der Waals surface area contributed by atoms with Gasteiger partial charge >= 0.3 is 0 Å². The second-order valence-corrected chi connectivity index (χ2v) is 5.05. The van der Waals surface area contributed by atoms with Crippen LogP contribution < -0.4 is 20.5 Å². The van der Waals surface area contributed by atoms with E-state index in [9.17, 15) is 4.79 Å². The summed E-state index contributed by atoms with van der Waals surface area (Å²) in [5, 5.41) is 3.23. The largest absolute Gasteiger partial charge is 0.493 e. The van der Waals surface area contributed by atoms with Gasteiger partial charge in [-0.25, -0.2) is 0 Å². The number of carbonyl (C=O) groups excluding carboxylic acids is 1. The van der Waals surface area contributed by atoms with Crippen LogP contribution in [0.25, 0.3) is 0 Å². The summed E-state index contributed by atoms with van der Waals surface area (Å²) in [5.41, 5.74) is 4.61. The van der Waals surface area contributed by atoms with Crippen LogP contribution in [0, 0.1) is 0 Å². The van der Waals surface area contributed by atoms with Gasteiger partial charge in [0, 0.05) is 6.04 Å². The molecule has 0 saturated heterocycles. The molecule has 5 nitrogen and oxygen atoms in total. The number of nitrogens with one attached hydrogen (secondary N) is 1. The smallest absolute Gasteiger partial charge is 0.240 e. The highest BCUT2D eigenvalue weighted by Crippen LogP contribution is 2.27. The van der Waals surface area contributed by atoms with E-state index in [0.717, 1.165) is 12.8 Å². The zero-order valence-corrected chi connectivity index (χ0v) is 11.3. The standard InChI is InChI=1S/C14H20N2O3/c1-14(13(15)17,16-10-7-8-10)9-19-12-6-4-3-5-11(12)18-2/h3-6,10,16H,7-9H2,1-2H3,(H2,15,17). The highest BCUT2D eigenvalue weighted by Gasteiger charge is 2.38. The monoisotopic (exact) mass is 264 g/mol. The molecule has 0 spiro atoms. The minimum absolute atomic E-state index is 0.180. The first-order chi connectivity index (χ1) is 9.05. The average molecular weight is 264 g/mol.